The summed E-state index contributed by atoms with van der Waals surface area (Å²) in [5.41, 5.74) is 1.46. The molecule has 1 saturated carbocycles. The first-order valence-electron chi connectivity index (χ1n) is 10.3. The van der Waals surface area contributed by atoms with Gasteiger partial charge < -0.3 is 14.8 Å². The van der Waals surface area contributed by atoms with Crippen molar-refractivity contribution in [3.8, 4) is 0 Å². The van der Waals surface area contributed by atoms with Crippen LogP contribution in [0.5, 0.6) is 0 Å². The van der Waals surface area contributed by atoms with E-state index in [1.165, 1.54) is 44.1 Å². The normalized spacial score (nSPS) is 16.9. The van der Waals surface area contributed by atoms with Gasteiger partial charge in [-0.1, -0.05) is 32.1 Å². The molecule has 0 unspecified atom stereocenters. The van der Waals surface area contributed by atoms with Crippen LogP contribution in [0.25, 0.3) is 0 Å². The zero-order valence-electron chi connectivity index (χ0n) is 16.5. The summed E-state index contributed by atoms with van der Waals surface area (Å²) >= 11 is 1.44. The van der Waals surface area contributed by atoms with E-state index in [9.17, 15) is 14.4 Å². The zero-order valence-corrected chi connectivity index (χ0v) is 17.3. The Hall–Kier alpha value is -1.89. The Bertz CT molecular complexity index is 721. The lowest BCUT2D eigenvalue weighted by atomic mass is 10.0. The van der Waals surface area contributed by atoms with Crippen molar-refractivity contribution in [1.29, 1.82) is 0 Å². The summed E-state index contributed by atoms with van der Waals surface area (Å²) < 4.78 is 10.1. The van der Waals surface area contributed by atoms with Crippen LogP contribution < -0.4 is 5.32 Å². The van der Waals surface area contributed by atoms with Crippen LogP contribution in [0.2, 0.25) is 0 Å². The third-order valence-electron chi connectivity index (χ3n) is 5.66. The van der Waals surface area contributed by atoms with Crippen molar-refractivity contribution in [2.24, 2.45) is 5.92 Å². The predicted molar refractivity (Wildman–Crippen MR) is 108 cm³/mol. The first-order chi connectivity index (χ1) is 13.6. The monoisotopic (exact) mass is 407 g/mol. The van der Waals surface area contributed by atoms with E-state index in [1.807, 2.05) is 0 Å². The number of thiophene rings is 1. The number of fused-ring (bicyclic) bond motifs is 1. The van der Waals surface area contributed by atoms with Crippen molar-refractivity contribution < 1.29 is 23.9 Å². The van der Waals surface area contributed by atoms with Gasteiger partial charge >= 0.3 is 11.9 Å². The summed E-state index contributed by atoms with van der Waals surface area (Å²) in [5, 5.41) is 3.26. The summed E-state index contributed by atoms with van der Waals surface area (Å²) in [6.07, 6.45) is 11.0. The predicted octanol–water partition coefficient (Wildman–Crippen LogP) is 4.26. The highest BCUT2D eigenvalue weighted by Crippen LogP contribution is 2.38. The van der Waals surface area contributed by atoms with Crippen molar-refractivity contribution >= 4 is 34.2 Å². The summed E-state index contributed by atoms with van der Waals surface area (Å²) in [6.45, 7) is -0.327. The van der Waals surface area contributed by atoms with Crippen LogP contribution in [-0.4, -0.2) is 31.6 Å². The van der Waals surface area contributed by atoms with Gasteiger partial charge in [-0.15, -0.1) is 11.3 Å². The van der Waals surface area contributed by atoms with E-state index in [1.54, 1.807) is 0 Å². The Kier molecular flexibility index (Phi) is 7.48. The number of ether oxygens (including phenoxy) is 2. The van der Waals surface area contributed by atoms with Crippen molar-refractivity contribution in [2.45, 2.75) is 70.6 Å². The van der Waals surface area contributed by atoms with Gasteiger partial charge in [0.25, 0.3) is 5.91 Å². The highest BCUT2D eigenvalue weighted by molar-refractivity contribution is 7.17. The Morgan fingerprint density at radius 2 is 1.82 bits per heavy atom. The lowest BCUT2D eigenvalue weighted by Gasteiger charge is -2.09. The van der Waals surface area contributed by atoms with Crippen LogP contribution in [0.15, 0.2) is 0 Å². The average Bonchev–Trinajstić information content (AvgIpc) is 3.26. The van der Waals surface area contributed by atoms with Gasteiger partial charge in [-0.05, 0) is 43.6 Å². The number of hydrogen-bond acceptors (Lipinski definition) is 6. The Labute approximate surface area is 170 Å². The van der Waals surface area contributed by atoms with Gasteiger partial charge in [0, 0.05) is 11.3 Å². The molecule has 1 heterocycles. The number of hydrogen-bond donors (Lipinski definition) is 1. The molecule has 154 valence electrons. The topological polar surface area (TPSA) is 81.7 Å². The number of esters is 2. The minimum absolute atomic E-state index is 0.327. The minimum atomic E-state index is -0.428. The number of methoxy groups -OCH3 is 1. The van der Waals surface area contributed by atoms with E-state index < -0.39 is 11.9 Å². The van der Waals surface area contributed by atoms with Crippen LogP contribution in [0.4, 0.5) is 5.00 Å². The fraction of sp³-hybridized carbons (Fsp3) is 0.667. The molecule has 1 fully saturated rings. The van der Waals surface area contributed by atoms with Crippen LogP contribution in [0.3, 0.4) is 0 Å². The first-order valence-corrected chi connectivity index (χ1v) is 11.1. The minimum Gasteiger partial charge on any atom is -0.465 e. The third kappa shape index (κ3) is 5.34. The molecule has 2 aliphatic carbocycles. The first kappa shape index (κ1) is 20.8. The standard InChI is InChI=1S/C21H29NO5S/c1-26-21(25)19-15-9-3-2-4-10-16(15)28-20(19)22-17(23)13-27-18(24)12-11-14-7-5-6-8-14/h14H,2-13H2,1H3,(H,22,23). The van der Waals surface area contributed by atoms with Gasteiger partial charge in [-0.3, -0.25) is 9.59 Å². The maximum atomic E-state index is 12.3. The highest BCUT2D eigenvalue weighted by Gasteiger charge is 2.26. The molecular formula is C21H29NO5S. The van der Waals surface area contributed by atoms with E-state index in [2.05, 4.69) is 5.32 Å². The number of anilines is 1. The Balaban J connectivity index is 1.55. The Morgan fingerprint density at radius 1 is 1.07 bits per heavy atom. The molecule has 0 bridgehead atoms. The Morgan fingerprint density at radius 3 is 2.57 bits per heavy atom. The van der Waals surface area contributed by atoms with Gasteiger partial charge in [-0.25, -0.2) is 4.79 Å². The molecule has 1 aromatic rings. The molecule has 0 saturated heterocycles. The molecule has 0 aliphatic heterocycles. The molecule has 1 amide bonds. The summed E-state index contributed by atoms with van der Waals surface area (Å²) in [4.78, 5) is 37.6. The molecule has 1 aromatic heterocycles. The molecule has 1 N–H and O–H groups in total. The molecular weight excluding hydrogens is 378 g/mol. The lowest BCUT2D eigenvalue weighted by Crippen LogP contribution is -2.22. The second-order valence-electron chi connectivity index (χ2n) is 7.66. The quantitative estimate of drug-likeness (QED) is 0.540. The third-order valence-corrected chi connectivity index (χ3v) is 6.87. The fourth-order valence-corrected chi connectivity index (χ4v) is 5.44. The van der Waals surface area contributed by atoms with Crippen LogP contribution >= 0.6 is 11.3 Å². The molecule has 0 spiro atoms. The second-order valence-corrected chi connectivity index (χ2v) is 8.76. The lowest BCUT2D eigenvalue weighted by molar-refractivity contribution is -0.147. The van der Waals surface area contributed by atoms with E-state index in [4.69, 9.17) is 9.47 Å². The number of amides is 1. The van der Waals surface area contributed by atoms with E-state index in [-0.39, 0.29) is 12.6 Å². The smallest absolute Gasteiger partial charge is 0.341 e. The second kappa shape index (κ2) is 10.0. The van der Waals surface area contributed by atoms with Crippen molar-refractivity contribution in [2.75, 3.05) is 19.0 Å². The van der Waals surface area contributed by atoms with Crippen molar-refractivity contribution in [3.05, 3.63) is 16.0 Å². The molecule has 28 heavy (non-hydrogen) atoms. The molecule has 6 nitrogen and oxygen atoms in total. The maximum Gasteiger partial charge on any atom is 0.341 e. The number of carbonyl (C=O) groups is 3. The largest absolute Gasteiger partial charge is 0.465 e. The SMILES string of the molecule is COC(=O)c1c(NC(=O)COC(=O)CCC2CCCC2)sc2c1CCCCC2. The van der Waals surface area contributed by atoms with Gasteiger partial charge in [0.1, 0.15) is 5.00 Å². The molecule has 7 heteroatoms. The van der Waals surface area contributed by atoms with E-state index in [0.29, 0.717) is 22.9 Å². The maximum absolute atomic E-state index is 12.3. The van der Waals surface area contributed by atoms with Crippen molar-refractivity contribution in [1.82, 2.24) is 0 Å². The number of rotatable bonds is 7. The van der Waals surface area contributed by atoms with Crippen LogP contribution in [0.1, 0.15) is 78.6 Å². The van der Waals surface area contributed by atoms with Gasteiger partial charge in [0.2, 0.25) is 0 Å². The van der Waals surface area contributed by atoms with Gasteiger partial charge in [-0.2, -0.15) is 0 Å². The van der Waals surface area contributed by atoms with Crippen molar-refractivity contribution in [3.63, 3.8) is 0 Å². The van der Waals surface area contributed by atoms with Crippen LogP contribution in [0, 0.1) is 5.92 Å². The molecule has 2 aliphatic rings. The van der Waals surface area contributed by atoms with Gasteiger partial charge in [0.05, 0.1) is 12.7 Å². The highest BCUT2D eigenvalue weighted by atomic mass is 32.1. The van der Waals surface area contributed by atoms with Crippen LogP contribution in [-0.2, 0) is 31.9 Å². The fourth-order valence-electron chi connectivity index (χ4n) is 4.15. The number of aryl methyl sites for hydroxylation is 1. The molecule has 0 atom stereocenters. The summed E-state index contributed by atoms with van der Waals surface area (Å²) in [6, 6.07) is 0. The summed E-state index contributed by atoms with van der Waals surface area (Å²) in [7, 11) is 1.35. The zero-order chi connectivity index (χ0) is 19.9. The van der Waals surface area contributed by atoms with Gasteiger partial charge in [0.15, 0.2) is 6.61 Å². The average molecular weight is 408 g/mol. The molecule has 3 rings (SSSR count). The number of nitrogens with one attached hydrogen (secondary N) is 1. The number of carbonyl (C=O) groups excluding carboxylic acids is 3. The molecule has 0 aromatic carbocycles. The van der Waals surface area contributed by atoms with E-state index >= 15 is 0 Å². The summed E-state index contributed by atoms with van der Waals surface area (Å²) in [5.74, 6) is -0.568. The van der Waals surface area contributed by atoms with E-state index in [0.717, 1.165) is 49.0 Å². The molecule has 0 radical (unpaired) electrons.